The second-order valence-corrected chi connectivity index (χ2v) is 3.27. The molecule has 80 valence electrons. The molecule has 1 unspecified atom stereocenters. The van der Waals surface area contributed by atoms with Crippen molar-refractivity contribution in [2.24, 2.45) is 5.92 Å². The molecule has 1 atom stereocenters. The molecule has 0 aromatic carbocycles. The van der Waals surface area contributed by atoms with Gasteiger partial charge in [-0.15, -0.1) is 0 Å². The highest BCUT2D eigenvalue weighted by atomic mass is 19.4. The number of hydrogen-bond donors (Lipinski definition) is 1. The number of hydrogen-bond acceptors (Lipinski definition) is 2. The summed E-state index contributed by atoms with van der Waals surface area (Å²) in [4.78, 5) is 0. The van der Waals surface area contributed by atoms with E-state index in [0.29, 0.717) is 6.54 Å². The van der Waals surface area contributed by atoms with Crippen LogP contribution in [0, 0.1) is 5.92 Å². The maximum atomic E-state index is 11.8. The second-order valence-electron chi connectivity index (χ2n) is 3.27. The molecule has 13 heavy (non-hydrogen) atoms. The van der Waals surface area contributed by atoms with Gasteiger partial charge in [0, 0.05) is 6.54 Å². The summed E-state index contributed by atoms with van der Waals surface area (Å²) in [6.45, 7) is 2.93. The van der Waals surface area contributed by atoms with Gasteiger partial charge in [0.05, 0.1) is 6.10 Å². The standard InChI is InChI=1S/C8H16F3NO/c1-6(2)7(4-12-3)13-5-8(9,10)11/h6-7,12H,4-5H2,1-3H3. The van der Waals surface area contributed by atoms with Gasteiger partial charge in [0.1, 0.15) is 6.61 Å². The molecule has 5 heteroatoms. The highest BCUT2D eigenvalue weighted by molar-refractivity contribution is 4.65. The molecule has 0 aliphatic carbocycles. The lowest BCUT2D eigenvalue weighted by Gasteiger charge is -2.21. The third kappa shape index (κ3) is 6.83. The van der Waals surface area contributed by atoms with Crippen LogP contribution in [0.4, 0.5) is 13.2 Å². The van der Waals surface area contributed by atoms with Crippen LogP contribution in [0.3, 0.4) is 0 Å². The first-order chi connectivity index (χ1) is 5.87. The number of ether oxygens (including phenoxy) is 1. The average molecular weight is 199 g/mol. The van der Waals surface area contributed by atoms with Crippen molar-refractivity contribution < 1.29 is 17.9 Å². The van der Waals surface area contributed by atoms with Gasteiger partial charge in [-0.3, -0.25) is 0 Å². The third-order valence-corrected chi connectivity index (χ3v) is 1.61. The molecule has 0 saturated carbocycles. The van der Waals surface area contributed by atoms with Gasteiger partial charge >= 0.3 is 6.18 Å². The largest absolute Gasteiger partial charge is 0.411 e. The lowest BCUT2D eigenvalue weighted by Crippen LogP contribution is -2.34. The Hall–Kier alpha value is -0.290. The third-order valence-electron chi connectivity index (χ3n) is 1.61. The summed E-state index contributed by atoms with van der Waals surface area (Å²) < 4.78 is 40.0. The summed E-state index contributed by atoms with van der Waals surface area (Å²) in [6, 6.07) is 0. The SMILES string of the molecule is CNCC(OCC(F)(F)F)C(C)C. The van der Waals surface area contributed by atoms with E-state index in [4.69, 9.17) is 4.74 Å². The zero-order valence-corrected chi connectivity index (χ0v) is 8.11. The highest BCUT2D eigenvalue weighted by Crippen LogP contribution is 2.17. The Morgan fingerprint density at radius 1 is 1.31 bits per heavy atom. The van der Waals surface area contributed by atoms with Crippen LogP contribution in [0.5, 0.6) is 0 Å². The Morgan fingerprint density at radius 2 is 1.85 bits per heavy atom. The van der Waals surface area contributed by atoms with Crippen LogP contribution in [0.25, 0.3) is 0 Å². The van der Waals surface area contributed by atoms with E-state index in [9.17, 15) is 13.2 Å². The van der Waals surface area contributed by atoms with Crippen molar-refractivity contribution in [1.82, 2.24) is 5.32 Å². The molecule has 0 spiro atoms. The van der Waals surface area contributed by atoms with Gasteiger partial charge in [-0.2, -0.15) is 13.2 Å². The topological polar surface area (TPSA) is 21.3 Å². The van der Waals surface area contributed by atoms with Gasteiger partial charge in [-0.05, 0) is 13.0 Å². The number of likely N-dealkylation sites (N-methyl/N-ethyl adjacent to an activating group) is 1. The van der Waals surface area contributed by atoms with Crippen molar-refractivity contribution in [3.8, 4) is 0 Å². The highest BCUT2D eigenvalue weighted by Gasteiger charge is 2.29. The maximum Gasteiger partial charge on any atom is 0.411 e. The first kappa shape index (κ1) is 12.7. The monoisotopic (exact) mass is 199 g/mol. The van der Waals surface area contributed by atoms with E-state index < -0.39 is 12.8 Å². The summed E-state index contributed by atoms with van der Waals surface area (Å²) >= 11 is 0. The Kier molecular flexibility index (Phi) is 5.32. The van der Waals surface area contributed by atoms with Crippen LogP contribution in [0.15, 0.2) is 0 Å². The van der Waals surface area contributed by atoms with E-state index in [2.05, 4.69) is 5.32 Å². The fourth-order valence-corrected chi connectivity index (χ4v) is 0.890. The minimum Gasteiger partial charge on any atom is -0.367 e. The molecule has 0 amide bonds. The van der Waals surface area contributed by atoms with Gasteiger partial charge in [-0.25, -0.2) is 0 Å². The van der Waals surface area contributed by atoms with Gasteiger partial charge in [-0.1, -0.05) is 13.8 Å². The zero-order chi connectivity index (χ0) is 10.5. The number of alkyl halides is 3. The predicted octanol–water partition coefficient (Wildman–Crippen LogP) is 1.81. The fraction of sp³-hybridized carbons (Fsp3) is 1.00. The van der Waals surface area contributed by atoms with E-state index in [1.54, 1.807) is 7.05 Å². The molecule has 0 fully saturated rings. The van der Waals surface area contributed by atoms with E-state index in [1.807, 2.05) is 13.8 Å². The molecule has 0 heterocycles. The molecule has 0 radical (unpaired) electrons. The lowest BCUT2D eigenvalue weighted by atomic mass is 10.1. The minimum atomic E-state index is -4.24. The Labute approximate surface area is 76.5 Å². The molecule has 0 bridgehead atoms. The van der Waals surface area contributed by atoms with Crippen LogP contribution in [0.1, 0.15) is 13.8 Å². The van der Waals surface area contributed by atoms with E-state index in [-0.39, 0.29) is 12.0 Å². The lowest BCUT2D eigenvalue weighted by molar-refractivity contribution is -0.188. The van der Waals surface area contributed by atoms with Crippen molar-refractivity contribution >= 4 is 0 Å². The average Bonchev–Trinajstić information content (AvgIpc) is 1.95. The fourth-order valence-electron chi connectivity index (χ4n) is 0.890. The van der Waals surface area contributed by atoms with E-state index >= 15 is 0 Å². The van der Waals surface area contributed by atoms with Crippen molar-refractivity contribution in [1.29, 1.82) is 0 Å². The molecular formula is C8H16F3NO. The first-order valence-corrected chi connectivity index (χ1v) is 4.19. The Balaban J connectivity index is 3.82. The summed E-state index contributed by atoms with van der Waals surface area (Å²) in [6.07, 6.45) is -4.62. The summed E-state index contributed by atoms with van der Waals surface area (Å²) in [7, 11) is 1.69. The van der Waals surface area contributed by atoms with Gasteiger partial charge in [0.25, 0.3) is 0 Å². The molecule has 0 saturated heterocycles. The van der Waals surface area contributed by atoms with Gasteiger partial charge in [0.2, 0.25) is 0 Å². The quantitative estimate of drug-likeness (QED) is 0.729. The molecule has 0 rings (SSSR count). The molecule has 0 aromatic heterocycles. The number of rotatable bonds is 5. The smallest absolute Gasteiger partial charge is 0.367 e. The number of nitrogens with one attached hydrogen (secondary N) is 1. The summed E-state index contributed by atoms with van der Waals surface area (Å²) in [5, 5.41) is 2.79. The predicted molar refractivity (Wildman–Crippen MR) is 44.6 cm³/mol. The summed E-state index contributed by atoms with van der Waals surface area (Å²) in [5.74, 6) is 0.0785. The summed E-state index contributed by atoms with van der Waals surface area (Å²) in [5.41, 5.74) is 0. The Bertz CT molecular complexity index is 136. The van der Waals surface area contributed by atoms with Crippen LogP contribution in [-0.2, 0) is 4.74 Å². The van der Waals surface area contributed by atoms with E-state index in [1.165, 1.54) is 0 Å². The van der Waals surface area contributed by atoms with E-state index in [0.717, 1.165) is 0 Å². The van der Waals surface area contributed by atoms with Crippen molar-refractivity contribution in [2.45, 2.75) is 26.1 Å². The van der Waals surface area contributed by atoms with Crippen LogP contribution in [0.2, 0.25) is 0 Å². The molecule has 0 aliphatic heterocycles. The number of halogens is 3. The minimum absolute atomic E-state index is 0.0785. The molecule has 2 nitrogen and oxygen atoms in total. The zero-order valence-electron chi connectivity index (χ0n) is 8.11. The molecular weight excluding hydrogens is 183 g/mol. The van der Waals surface area contributed by atoms with Crippen molar-refractivity contribution in [3.63, 3.8) is 0 Å². The van der Waals surface area contributed by atoms with Crippen molar-refractivity contribution in [2.75, 3.05) is 20.2 Å². The van der Waals surface area contributed by atoms with Gasteiger partial charge in [0.15, 0.2) is 0 Å². The van der Waals surface area contributed by atoms with Gasteiger partial charge < -0.3 is 10.1 Å². The van der Waals surface area contributed by atoms with Crippen LogP contribution >= 0.6 is 0 Å². The molecule has 0 aromatic rings. The maximum absolute atomic E-state index is 11.8. The second kappa shape index (κ2) is 5.44. The van der Waals surface area contributed by atoms with Crippen molar-refractivity contribution in [3.05, 3.63) is 0 Å². The molecule has 1 N–H and O–H groups in total. The normalized spacial score (nSPS) is 15.0. The molecule has 0 aliphatic rings. The van der Waals surface area contributed by atoms with Crippen LogP contribution < -0.4 is 5.32 Å². The first-order valence-electron chi connectivity index (χ1n) is 4.19. The van der Waals surface area contributed by atoms with Crippen LogP contribution in [-0.4, -0.2) is 32.5 Å². The Morgan fingerprint density at radius 3 is 2.15 bits per heavy atom.